The Balaban J connectivity index is 1.86. The summed E-state index contributed by atoms with van der Waals surface area (Å²) in [6.45, 7) is 11.3. The van der Waals surface area contributed by atoms with Crippen LogP contribution >= 0.6 is 0 Å². The molecular formula is C21H31N3O4. The van der Waals surface area contributed by atoms with Gasteiger partial charge < -0.3 is 15.0 Å². The van der Waals surface area contributed by atoms with Crippen molar-refractivity contribution in [2.45, 2.75) is 34.2 Å². The Morgan fingerprint density at radius 2 is 1.79 bits per heavy atom. The number of nitrogens with zero attached hydrogens (tertiary/aromatic N) is 2. The Labute approximate surface area is 167 Å². The number of ether oxygens (including phenoxy) is 1. The highest BCUT2D eigenvalue weighted by atomic mass is 16.5. The van der Waals surface area contributed by atoms with E-state index in [-0.39, 0.29) is 17.8 Å². The molecule has 154 valence electrons. The third-order valence-electron chi connectivity index (χ3n) is 4.68. The van der Waals surface area contributed by atoms with Crippen molar-refractivity contribution >= 4 is 17.8 Å². The highest BCUT2D eigenvalue weighted by Gasteiger charge is 2.23. The standard InChI is InChI=1S/C21H31N3O4/c1-16(25)28-13-12-23-8-10-24(11-9-23)19(26)18-7-5-6-17(14-18)15-22-20(27)21(2,3)4/h5-7,14H,8-13,15H2,1-4H3,(H,22,27). The zero-order valence-electron chi connectivity index (χ0n) is 17.3. The van der Waals surface area contributed by atoms with Crippen molar-refractivity contribution in [3.8, 4) is 0 Å². The third-order valence-corrected chi connectivity index (χ3v) is 4.68. The van der Waals surface area contributed by atoms with Gasteiger partial charge in [0, 0.05) is 57.2 Å². The first-order valence-corrected chi connectivity index (χ1v) is 9.69. The van der Waals surface area contributed by atoms with E-state index in [1.807, 2.05) is 49.9 Å². The van der Waals surface area contributed by atoms with Crippen LogP contribution in [-0.4, -0.2) is 66.9 Å². The summed E-state index contributed by atoms with van der Waals surface area (Å²) in [5.41, 5.74) is 1.10. The molecule has 1 saturated heterocycles. The fourth-order valence-corrected chi connectivity index (χ4v) is 2.94. The number of rotatable bonds is 6. The summed E-state index contributed by atoms with van der Waals surface area (Å²) in [4.78, 5) is 39.7. The molecule has 0 aliphatic carbocycles. The second kappa shape index (κ2) is 9.68. The monoisotopic (exact) mass is 389 g/mol. The third kappa shape index (κ3) is 6.64. The lowest BCUT2D eigenvalue weighted by Gasteiger charge is -2.34. The van der Waals surface area contributed by atoms with Crippen molar-refractivity contribution < 1.29 is 19.1 Å². The Hall–Kier alpha value is -2.41. The fraction of sp³-hybridized carbons (Fsp3) is 0.571. The summed E-state index contributed by atoms with van der Waals surface area (Å²) >= 11 is 0. The zero-order valence-corrected chi connectivity index (χ0v) is 17.3. The van der Waals surface area contributed by atoms with E-state index in [4.69, 9.17) is 4.74 Å². The summed E-state index contributed by atoms with van der Waals surface area (Å²) in [6.07, 6.45) is 0. The minimum Gasteiger partial charge on any atom is -0.465 e. The molecule has 0 radical (unpaired) electrons. The second-order valence-electron chi connectivity index (χ2n) is 8.11. The molecule has 2 amide bonds. The molecule has 0 bridgehead atoms. The average Bonchev–Trinajstić information content (AvgIpc) is 2.65. The summed E-state index contributed by atoms with van der Waals surface area (Å²) in [6, 6.07) is 7.41. The normalized spacial score (nSPS) is 15.2. The highest BCUT2D eigenvalue weighted by molar-refractivity contribution is 5.94. The van der Waals surface area contributed by atoms with Crippen LogP contribution in [0.15, 0.2) is 24.3 Å². The summed E-state index contributed by atoms with van der Waals surface area (Å²) in [7, 11) is 0. The SMILES string of the molecule is CC(=O)OCCN1CCN(C(=O)c2cccc(CNC(=O)C(C)(C)C)c2)CC1. The summed E-state index contributed by atoms with van der Waals surface area (Å²) in [5.74, 6) is -0.287. The van der Waals surface area contributed by atoms with Gasteiger partial charge in [-0.25, -0.2) is 0 Å². The van der Waals surface area contributed by atoms with Gasteiger partial charge in [-0.2, -0.15) is 0 Å². The second-order valence-corrected chi connectivity index (χ2v) is 8.11. The van der Waals surface area contributed by atoms with E-state index in [9.17, 15) is 14.4 Å². The van der Waals surface area contributed by atoms with E-state index in [2.05, 4.69) is 10.2 Å². The number of nitrogens with one attached hydrogen (secondary N) is 1. The fourth-order valence-electron chi connectivity index (χ4n) is 2.94. The van der Waals surface area contributed by atoms with Crippen LogP contribution in [-0.2, 0) is 20.9 Å². The van der Waals surface area contributed by atoms with E-state index in [1.54, 1.807) is 0 Å². The number of piperazine rings is 1. The van der Waals surface area contributed by atoms with Gasteiger partial charge in [0.15, 0.2) is 0 Å². The van der Waals surface area contributed by atoms with E-state index < -0.39 is 5.41 Å². The minimum atomic E-state index is -0.442. The molecule has 1 aliphatic rings. The topological polar surface area (TPSA) is 79.0 Å². The number of hydrogen-bond acceptors (Lipinski definition) is 5. The van der Waals surface area contributed by atoms with Gasteiger partial charge in [-0.15, -0.1) is 0 Å². The maximum Gasteiger partial charge on any atom is 0.302 e. The molecular weight excluding hydrogens is 358 g/mol. The number of benzene rings is 1. The molecule has 1 aromatic carbocycles. The summed E-state index contributed by atoms with van der Waals surface area (Å²) in [5, 5.41) is 2.91. The smallest absolute Gasteiger partial charge is 0.302 e. The average molecular weight is 389 g/mol. The van der Waals surface area contributed by atoms with Crippen LogP contribution in [0.4, 0.5) is 0 Å². The number of carbonyl (C=O) groups is 3. The zero-order chi connectivity index (χ0) is 20.7. The largest absolute Gasteiger partial charge is 0.465 e. The van der Waals surface area contributed by atoms with Crippen molar-refractivity contribution in [1.29, 1.82) is 0 Å². The maximum absolute atomic E-state index is 12.8. The number of amides is 2. The molecule has 1 aliphatic heterocycles. The van der Waals surface area contributed by atoms with Gasteiger partial charge in [-0.05, 0) is 17.7 Å². The molecule has 1 heterocycles. The maximum atomic E-state index is 12.8. The van der Waals surface area contributed by atoms with Crippen molar-refractivity contribution in [2.24, 2.45) is 5.41 Å². The van der Waals surface area contributed by atoms with E-state index >= 15 is 0 Å². The quantitative estimate of drug-likeness (QED) is 0.749. The predicted octanol–water partition coefficient (Wildman–Crippen LogP) is 1.67. The Morgan fingerprint density at radius 3 is 2.39 bits per heavy atom. The Morgan fingerprint density at radius 1 is 1.11 bits per heavy atom. The van der Waals surface area contributed by atoms with Gasteiger partial charge in [-0.1, -0.05) is 32.9 Å². The van der Waals surface area contributed by atoms with Gasteiger partial charge >= 0.3 is 5.97 Å². The molecule has 2 rings (SSSR count). The first-order chi connectivity index (χ1) is 13.2. The number of esters is 1. The van der Waals surface area contributed by atoms with E-state index in [1.165, 1.54) is 6.92 Å². The Bertz CT molecular complexity index is 704. The molecule has 7 nitrogen and oxygen atoms in total. The van der Waals surface area contributed by atoms with Crippen LogP contribution in [0.3, 0.4) is 0 Å². The van der Waals surface area contributed by atoms with Crippen molar-refractivity contribution in [3.05, 3.63) is 35.4 Å². The van der Waals surface area contributed by atoms with Crippen molar-refractivity contribution in [1.82, 2.24) is 15.1 Å². The van der Waals surface area contributed by atoms with Crippen LogP contribution in [0.5, 0.6) is 0 Å². The molecule has 7 heteroatoms. The van der Waals surface area contributed by atoms with Crippen LogP contribution in [0, 0.1) is 5.41 Å². The van der Waals surface area contributed by atoms with Crippen LogP contribution in [0.1, 0.15) is 43.6 Å². The lowest BCUT2D eigenvalue weighted by atomic mass is 9.95. The van der Waals surface area contributed by atoms with E-state index in [0.717, 1.165) is 18.7 Å². The van der Waals surface area contributed by atoms with Crippen LogP contribution in [0.25, 0.3) is 0 Å². The number of hydrogen-bond donors (Lipinski definition) is 1. The molecule has 0 spiro atoms. The van der Waals surface area contributed by atoms with Crippen LogP contribution < -0.4 is 5.32 Å². The first kappa shape index (κ1) is 21.9. The Kier molecular flexibility index (Phi) is 7.57. The van der Waals surface area contributed by atoms with Crippen LogP contribution in [0.2, 0.25) is 0 Å². The van der Waals surface area contributed by atoms with E-state index in [0.29, 0.717) is 38.3 Å². The molecule has 1 fully saturated rings. The molecule has 0 aromatic heterocycles. The van der Waals surface area contributed by atoms with Crippen molar-refractivity contribution in [3.63, 3.8) is 0 Å². The lowest BCUT2D eigenvalue weighted by Crippen LogP contribution is -2.49. The van der Waals surface area contributed by atoms with Gasteiger partial charge in [0.1, 0.15) is 6.61 Å². The number of carbonyl (C=O) groups excluding carboxylic acids is 3. The molecule has 0 unspecified atom stereocenters. The highest BCUT2D eigenvalue weighted by Crippen LogP contribution is 2.14. The molecule has 1 N–H and O–H groups in total. The lowest BCUT2D eigenvalue weighted by molar-refractivity contribution is -0.141. The molecule has 0 saturated carbocycles. The molecule has 1 aromatic rings. The first-order valence-electron chi connectivity index (χ1n) is 9.69. The summed E-state index contributed by atoms with van der Waals surface area (Å²) < 4.78 is 4.97. The molecule has 0 atom stereocenters. The van der Waals surface area contributed by atoms with Gasteiger partial charge in [-0.3, -0.25) is 19.3 Å². The van der Waals surface area contributed by atoms with Gasteiger partial charge in [0.25, 0.3) is 5.91 Å². The predicted molar refractivity (Wildman–Crippen MR) is 107 cm³/mol. The van der Waals surface area contributed by atoms with Crippen molar-refractivity contribution in [2.75, 3.05) is 39.3 Å². The molecule has 28 heavy (non-hydrogen) atoms. The van der Waals surface area contributed by atoms with Gasteiger partial charge in [0.05, 0.1) is 0 Å². The van der Waals surface area contributed by atoms with Gasteiger partial charge in [0.2, 0.25) is 5.91 Å². The minimum absolute atomic E-state index is 0.00336.